The fraction of sp³-hybridized carbons (Fsp3) is 0.714. The first-order valence-electron chi connectivity index (χ1n) is 8.02. The summed E-state index contributed by atoms with van der Waals surface area (Å²) in [5, 5.41) is 14.9. The lowest BCUT2D eigenvalue weighted by atomic mass is 10.0. The van der Waals surface area contributed by atoms with Crippen LogP contribution in [0.4, 0.5) is 0 Å². The topological polar surface area (TPSA) is 103 Å². The molecule has 23 heavy (non-hydrogen) atoms. The molecule has 2 aromatic heterocycles. The van der Waals surface area contributed by atoms with Gasteiger partial charge in [0.25, 0.3) is 0 Å². The summed E-state index contributed by atoms with van der Waals surface area (Å²) in [5.41, 5.74) is 0. The normalized spacial score (nSPS) is 19.7. The summed E-state index contributed by atoms with van der Waals surface area (Å²) in [4.78, 5) is 18.9. The standard InChI is InChI=1S/C14H21N7O2/c1-3-10(2)13-16-14(23-17-13)11-6-4-5-7-21(11)12(22)8-20-9-15-18-19-20/h9-11H,3-8H2,1-2H3/t10-,11+/m0/s1. The maximum Gasteiger partial charge on any atom is 0.249 e. The minimum Gasteiger partial charge on any atom is -0.337 e. The molecule has 3 rings (SSSR count). The Labute approximate surface area is 134 Å². The van der Waals surface area contributed by atoms with Gasteiger partial charge in [0.2, 0.25) is 11.8 Å². The molecule has 1 amide bonds. The molecule has 0 N–H and O–H groups in total. The number of hydrogen-bond acceptors (Lipinski definition) is 7. The van der Waals surface area contributed by atoms with Gasteiger partial charge in [0.15, 0.2) is 5.82 Å². The molecule has 124 valence electrons. The van der Waals surface area contributed by atoms with E-state index in [0.29, 0.717) is 18.3 Å². The van der Waals surface area contributed by atoms with E-state index in [1.807, 2.05) is 0 Å². The van der Waals surface area contributed by atoms with Gasteiger partial charge in [-0.1, -0.05) is 19.0 Å². The van der Waals surface area contributed by atoms with Crippen LogP contribution in [0, 0.1) is 0 Å². The molecule has 1 aliphatic heterocycles. The molecule has 0 aliphatic carbocycles. The molecule has 9 nitrogen and oxygen atoms in total. The van der Waals surface area contributed by atoms with Gasteiger partial charge in [-0.05, 0) is 36.1 Å². The lowest BCUT2D eigenvalue weighted by Crippen LogP contribution is -2.40. The van der Waals surface area contributed by atoms with Crippen LogP contribution in [0.5, 0.6) is 0 Å². The molecule has 1 fully saturated rings. The molecule has 0 unspecified atom stereocenters. The molecule has 2 atom stereocenters. The fourth-order valence-corrected chi connectivity index (χ4v) is 2.73. The van der Waals surface area contributed by atoms with Crippen LogP contribution < -0.4 is 0 Å². The Kier molecular flexibility index (Phi) is 4.63. The number of aromatic nitrogens is 6. The number of piperidine rings is 1. The van der Waals surface area contributed by atoms with Crippen molar-refractivity contribution in [2.24, 2.45) is 0 Å². The van der Waals surface area contributed by atoms with Gasteiger partial charge >= 0.3 is 0 Å². The Morgan fingerprint density at radius 1 is 1.48 bits per heavy atom. The van der Waals surface area contributed by atoms with E-state index in [0.717, 1.165) is 25.7 Å². The zero-order valence-corrected chi connectivity index (χ0v) is 13.4. The number of carbonyl (C=O) groups is 1. The van der Waals surface area contributed by atoms with Crippen LogP contribution in [0.2, 0.25) is 0 Å². The van der Waals surface area contributed by atoms with Gasteiger partial charge in [0.05, 0.1) is 0 Å². The number of likely N-dealkylation sites (tertiary alicyclic amines) is 1. The van der Waals surface area contributed by atoms with Crippen LogP contribution in [0.25, 0.3) is 0 Å². The lowest BCUT2D eigenvalue weighted by Gasteiger charge is -2.33. The van der Waals surface area contributed by atoms with Crippen molar-refractivity contribution >= 4 is 5.91 Å². The van der Waals surface area contributed by atoms with E-state index in [1.165, 1.54) is 11.0 Å². The molecular formula is C14H21N7O2. The molecule has 3 heterocycles. The van der Waals surface area contributed by atoms with E-state index in [1.54, 1.807) is 4.90 Å². The van der Waals surface area contributed by atoms with Crippen LogP contribution >= 0.6 is 0 Å². The zero-order valence-electron chi connectivity index (χ0n) is 13.4. The minimum atomic E-state index is -0.155. The van der Waals surface area contributed by atoms with Gasteiger partial charge in [-0.2, -0.15) is 4.98 Å². The van der Waals surface area contributed by atoms with Gasteiger partial charge in [-0.3, -0.25) is 4.79 Å². The third-order valence-corrected chi connectivity index (χ3v) is 4.31. The highest BCUT2D eigenvalue weighted by atomic mass is 16.5. The van der Waals surface area contributed by atoms with Crippen LogP contribution in [-0.2, 0) is 11.3 Å². The summed E-state index contributed by atoms with van der Waals surface area (Å²) in [5.74, 6) is 1.46. The lowest BCUT2D eigenvalue weighted by molar-refractivity contribution is -0.136. The molecule has 0 bridgehead atoms. The van der Waals surface area contributed by atoms with Gasteiger partial charge in [-0.25, -0.2) is 4.68 Å². The maximum atomic E-state index is 12.6. The predicted octanol–water partition coefficient (Wildman–Crippen LogP) is 1.32. The molecule has 0 saturated carbocycles. The molecule has 0 aromatic carbocycles. The highest BCUT2D eigenvalue weighted by Crippen LogP contribution is 2.31. The quantitative estimate of drug-likeness (QED) is 0.818. The van der Waals surface area contributed by atoms with Crippen LogP contribution in [0.1, 0.15) is 63.2 Å². The maximum absolute atomic E-state index is 12.6. The van der Waals surface area contributed by atoms with Crippen molar-refractivity contribution < 1.29 is 9.32 Å². The number of nitrogens with zero attached hydrogens (tertiary/aromatic N) is 7. The van der Waals surface area contributed by atoms with E-state index in [-0.39, 0.29) is 24.4 Å². The highest BCUT2D eigenvalue weighted by molar-refractivity contribution is 5.76. The Balaban J connectivity index is 1.75. The Morgan fingerprint density at radius 3 is 3.09 bits per heavy atom. The van der Waals surface area contributed by atoms with E-state index in [2.05, 4.69) is 39.5 Å². The first-order chi connectivity index (χ1) is 11.2. The van der Waals surface area contributed by atoms with Gasteiger partial charge in [-0.15, -0.1) is 5.10 Å². The Morgan fingerprint density at radius 2 is 2.35 bits per heavy atom. The SMILES string of the molecule is CC[C@H](C)c1noc([C@H]2CCCCN2C(=O)Cn2cnnn2)n1. The first kappa shape index (κ1) is 15.6. The molecular weight excluding hydrogens is 298 g/mol. The predicted molar refractivity (Wildman–Crippen MR) is 79.1 cm³/mol. The highest BCUT2D eigenvalue weighted by Gasteiger charge is 2.32. The third kappa shape index (κ3) is 3.38. The smallest absolute Gasteiger partial charge is 0.249 e. The summed E-state index contributed by atoms with van der Waals surface area (Å²) in [6.07, 6.45) is 5.24. The molecule has 9 heteroatoms. The average Bonchev–Trinajstić information content (AvgIpc) is 3.25. The van der Waals surface area contributed by atoms with E-state index >= 15 is 0 Å². The summed E-state index contributed by atoms with van der Waals surface area (Å²) in [6, 6.07) is -0.155. The van der Waals surface area contributed by atoms with Gasteiger partial charge < -0.3 is 9.42 Å². The van der Waals surface area contributed by atoms with Crippen molar-refractivity contribution in [3.05, 3.63) is 18.0 Å². The Bertz CT molecular complexity index is 639. The van der Waals surface area contributed by atoms with Crippen LogP contribution in [0.3, 0.4) is 0 Å². The van der Waals surface area contributed by atoms with Gasteiger partial charge in [0.1, 0.15) is 18.9 Å². The van der Waals surface area contributed by atoms with E-state index in [4.69, 9.17) is 4.52 Å². The van der Waals surface area contributed by atoms with E-state index in [9.17, 15) is 4.79 Å². The van der Waals surface area contributed by atoms with Crippen molar-refractivity contribution in [3.8, 4) is 0 Å². The number of hydrogen-bond donors (Lipinski definition) is 0. The third-order valence-electron chi connectivity index (χ3n) is 4.31. The van der Waals surface area contributed by atoms with E-state index < -0.39 is 0 Å². The second-order valence-electron chi connectivity index (χ2n) is 5.91. The Hall–Kier alpha value is -2.32. The fourth-order valence-electron chi connectivity index (χ4n) is 2.73. The number of amides is 1. The van der Waals surface area contributed by atoms with Crippen molar-refractivity contribution in [2.75, 3.05) is 6.54 Å². The number of rotatable bonds is 5. The van der Waals surface area contributed by atoms with Crippen molar-refractivity contribution in [3.63, 3.8) is 0 Å². The van der Waals surface area contributed by atoms with Crippen molar-refractivity contribution in [1.29, 1.82) is 0 Å². The molecule has 1 saturated heterocycles. The van der Waals surface area contributed by atoms with Gasteiger partial charge in [0, 0.05) is 12.5 Å². The first-order valence-corrected chi connectivity index (χ1v) is 8.02. The summed E-state index contributed by atoms with van der Waals surface area (Å²) in [6.45, 7) is 4.96. The second kappa shape index (κ2) is 6.84. The minimum absolute atomic E-state index is 0.0368. The van der Waals surface area contributed by atoms with Crippen molar-refractivity contribution in [1.82, 2.24) is 35.2 Å². The summed E-state index contributed by atoms with van der Waals surface area (Å²) in [7, 11) is 0. The van der Waals surface area contributed by atoms with Crippen LogP contribution in [0.15, 0.2) is 10.9 Å². The molecule has 0 spiro atoms. The molecule has 0 radical (unpaired) electrons. The summed E-state index contributed by atoms with van der Waals surface area (Å²) < 4.78 is 6.86. The number of tetrazole rings is 1. The molecule has 2 aromatic rings. The monoisotopic (exact) mass is 319 g/mol. The number of carbonyl (C=O) groups excluding carboxylic acids is 1. The van der Waals surface area contributed by atoms with Crippen molar-refractivity contribution in [2.45, 2.75) is 58.0 Å². The zero-order chi connectivity index (χ0) is 16.2. The average molecular weight is 319 g/mol. The van der Waals surface area contributed by atoms with Crippen LogP contribution in [-0.4, -0.2) is 47.7 Å². The largest absolute Gasteiger partial charge is 0.337 e. The second-order valence-corrected chi connectivity index (χ2v) is 5.91. The summed E-state index contributed by atoms with van der Waals surface area (Å²) >= 11 is 0. The molecule has 1 aliphatic rings.